The summed E-state index contributed by atoms with van der Waals surface area (Å²) < 4.78 is 0. The van der Waals surface area contributed by atoms with Gasteiger partial charge in [-0.3, -0.25) is 0 Å². The Morgan fingerprint density at radius 3 is 3.26 bits per heavy atom. The van der Waals surface area contributed by atoms with Gasteiger partial charge in [0.15, 0.2) is 0 Å². The molecule has 0 aliphatic carbocycles. The Morgan fingerprint density at radius 1 is 1.37 bits per heavy atom. The van der Waals surface area contributed by atoms with Crippen molar-refractivity contribution < 1.29 is 0 Å². The van der Waals surface area contributed by atoms with Gasteiger partial charge in [-0.15, -0.1) is 11.3 Å². The maximum atomic E-state index is 4.30. The average Bonchev–Trinajstić information content (AvgIpc) is 2.97. The second-order valence-corrected chi connectivity index (χ2v) is 5.61. The van der Waals surface area contributed by atoms with Crippen LogP contribution in [0.15, 0.2) is 29.1 Å². The van der Waals surface area contributed by atoms with Gasteiger partial charge in [0.1, 0.15) is 0 Å². The number of anilines is 1. The van der Waals surface area contributed by atoms with Crippen LogP contribution in [0.1, 0.15) is 23.2 Å². The quantitative estimate of drug-likeness (QED) is 0.823. The number of para-hydroxylation sites is 1. The zero-order valence-electron chi connectivity index (χ0n) is 11.0. The lowest BCUT2D eigenvalue weighted by atomic mass is 9.99. The summed E-state index contributed by atoms with van der Waals surface area (Å²) in [4.78, 5) is 4.30. The molecular formula is C15H19N3S. The number of nitrogens with zero attached hydrogens (tertiary/aromatic N) is 1. The van der Waals surface area contributed by atoms with Crippen molar-refractivity contribution in [3.63, 3.8) is 0 Å². The molecule has 1 aromatic heterocycles. The van der Waals surface area contributed by atoms with Crippen LogP contribution in [0.4, 0.5) is 5.69 Å². The van der Waals surface area contributed by atoms with E-state index >= 15 is 0 Å². The molecule has 1 aliphatic rings. The summed E-state index contributed by atoms with van der Waals surface area (Å²) in [7, 11) is 0. The van der Waals surface area contributed by atoms with Crippen LogP contribution in [0.25, 0.3) is 0 Å². The Labute approximate surface area is 118 Å². The minimum atomic E-state index is 0.931. The lowest BCUT2D eigenvalue weighted by molar-refractivity contribution is 0.679. The standard InChI is InChI=1S/C15H19N3S/c1-3-12-5-2-7-17-15(12)13(4-1)9-16-8-6-14-10-19-11-18-14/h1,3-4,10-11,16-17H,2,5-9H2. The molecule has 4 heteroatoms. The Morgan fingerprint density at radius 2 is 2.37 bits per heavy atom. The number of benzene rings is 1. The number of rotatable bonds is 5. The molecule has 100 valence electrons. The number of thiazole rings is 1. The summed E-state index contributed by atoms with van der Waals surface area (Å²) in [6.07, 6.45) is 3.45. The fourth-order valence-electron chi connectivity index (χ4n) is 2.53. The van der Waals surface area contributed by atoms with E-state index in [9.17, 15) is 0 Å². The van der Waals surface area contributed by atoms with E-state index in [1.807, 2.05) is 5.51 Å². The Kier molecular flexibility index (Phi) is 4.10. The summed E-state index contributed by atoms with van der Waals surface area (Å²) in [5.74, 6) is 0. The van der Waals surface area contributed by atoms with E-state index in [4.69, 9.17) is 0 Å². The number of fused-ring (bicyclic) bond motifs is 1. The molecule has 0 saturated carbocycles. The van der Waals surface area contributed by atoms with Crippen molar-refractivity contribution in [2.75, 3.05) is 18.4 Å². The van der Waals surface area contributed by atoms with E-state index in [2.05, 4.69) is 39.2 Å². The van der Waals surface area contributed by atoms with Crippen LogP contribution in [0.3, 0.4) is 0 Å². The predicted octanol–water partition coefficient (Wildman–Crippen LogP) is 2.83. The van der Waals surface area contributed by atoms with Gasteiger partial charge in [-0.25, -0.2) is 4.98 Å². The monoisotopic (exact) mass is 273 g/mol. The highest BCUT2D eigenvalue weighted by Gasteiger charge is 2.11. The summed E-state index contributed by atoms with van der Waals surface area (Å²) in [6.45, 7) is 3.01. The number of aromatic nitrogens is 1. The second kappa shape index (κ2) is 6.17. The van der Waals surface area contributed by atoms with Gasteiger partial charge in [0.05, 0.1) is 11.2 Å². The molecule has 1 aliphatic heterocycles. The van der Waals surface area contributed by atoms with Crippen LogP contribution >= 0.6 is 11.3 Å². The Balaban J connectivity index is 1.55. The van der Waals surface area contributed by atoms with E-state index < -0.39 is 0 Å². The molecule has 0 spiro atoms. The van der Waals surface area contributed by atoms with Crippen LogP contribution in [-0.4, -0.2) is 18.1 Å². The van der Waals surface area contributed by atoms with Crippen molar-refractivity contribution >= 4 is 17.0 Å². The van der Waals surface area contributed by atoms with Crippen molar-refractivity contribution in [1.82, 2.24) is 10.3 Å². The van der Waals surface area contributed by atoms with Crippen LogP contribution in [0.5, 0.6) is 0 Å². The molecule has 19 heavy (non-hydrogen) atoms. The molecule has 3 rings (SSSR count). The van der Waals surface area contributed by atoms with Crippen molar-refractivity contribution in [3.05, 3.63) is 45.9 Å². The number of hydrogen-bond acceptors (Lipinski definition) is 4. The third-order valence-corrected chi connectivity index (χ3v) is 4.15. The van der Waals surface area contributed by atoms with E-state index in [1.54, 1.807) is 11.3 Å². The minimum absolute atomic E-state index is 0.931. The summed E-state index contributed by atoms with van der Waals surface area (Å²) in [5.41, 5.74) is 7.29. The summed E-state index contributed by atoms with van der Waals surface area (Å²) in [5, 5.41) is 9.17. The molecule has 0 fully saturated rings. The van der Waals surface area contributed by atoms with Crippen LogP contribution in [0, 0.1) is 0 Å². The maximum Gasteiger partial charge on any atom is 0.0794 e. The molecule has 2 heterocycles. The topological polar surface area (TPSA) is 37.0 Å². The van der Waals surface area contributed by atoms with Crippen molar-refractivity contribution in [1.29, 1.82) is 0 Å². The SMILES string of the molecule is c1cc2c(c(CNCCc3cscn3)c1)NCCC2. The first-order chi connectivity index (χ1) is 9.43. The molecule has 0 radical (unpaired) electrons. The number of aryl methyl sites for hydroxylation is 1. The fraction of sp³-hybridized carbons (Fsp3) is 0.400. The first-order valence-electron chi connectivity index (χ1n) is 6.86. The minimum Gasteiger partial charge on any atom is -0.385 e. The van der Waals surface area contributed by atoms with Gasteiger partial charge < -0.3 is 10.6 Å². The first kappa shape index (κ1) is 12.6. The lowest BCUT2D eigenvalue weighted by Crippen LogP contribution is -2.20. The number of hydrogen-bond donors (Lipinski definition) is 2. The van der Waals surface area contributed by atoms with Gasteiger partial charge in [-0.1, -0.05) is 18.2 Å². The Bertz CT molecular complexity index is 522. The van der Waals surface area contributed by atoms with Crippen molar-refractivity contribution in [2.45, 2.75) is 25.8 Å². The molecule has 0 unspecified atom stereocenters. The fourth-order valence-corrected chi connectivity index (χ4v) is 3.12. The smallest absolute Gasteiger partial charge is 0.0794 e. The molecular weight excluding hydrogens is 254 g/mol. The first-order valence-corrected chi connectivity index (χ1v) is 7.80. The average molecular weight is 273 g/mol. The van der Waals surface area contributed by atoms with Crippen molar-refractivity contribution in [3.8, 4) is 0 Å². The highest BCUT2D eigenvalue weighted by molar-refractivity contribution is 7.07. The van der Waals surface area contributed by atoms with E-state index in [1.165, 1.54) is 35.3 Å². The molecule has 0 bridgehead atoms. The van der Waals surface area contributed by atoms with Gasteiger partial charge >= 0.3 is 0 Å². The van der Waals surface area contributed by atoms with Crippen molar-refractivity contribution in [2.24, 2.45) is 0 Å². The number of nitrogens with one attached hydrogen (secondary N) is 2. The van der Waals surface area contributed by atoms with Gasteiger partial charge in [-0.2, -0.15) is 0 Å². The van der Waals surface area contributed by atoms with Gasteiger partial charge in [0.2, 0.25) is 0 Å². The highest BCUT2D eigenvalue weighted by Crippen LogP contribution is 2.25. The largest absolute Gasteiger partial charge is 0.385 e. The molecule has 2 N–H and O–H groups in total. The molecule has 1 aromatic carbocycles. The molecule has 2 aromatic rings. The Hall–Kier alpha value is -1.39. The van der Waals surface area contributed by atoms with Gasteiger partial charge in [-0.05, 0) is 24.0 Å². The molecule has 0 atom stereocenters. The molecule has 0 saturated heterocycles. The van der Waals surface area contributed by atoms with Crippen LogP contribution < -0.4 is 10.6 Å². The normalized spacial score (nSPS) is 13.9. The summed E-state index contributed by atoms with van der Waals surface area (Å²) in [6, 6.07) is 6.62. The zero-order chi connectivity index (χ0) is 12.9. The zero-order valence-corrected chi connectivity index (χ0v) is 11.8. The predicted molar refractivity (Wildman–Crippen MR) is 80.8 cm³/mol. The third kappa shape index (κ3) is 3.14. The lowest BCUT2D eigenvalue weighted by Gasteiger charge is -2.21. The highest BCUT2D eigenvalue weighted by atomic mass is 32.1. The maximum absolute atomic E-state index is 4.30. The third-order valence-electron chi connectivity index (χ3n) is 3.52. The van der Waals surface area contributed by atoms with E-state index in [-0.39, 0.29) is 0 Å². The summed E-state index contributed by atoms with van der Waals surface area (Å²) >= 11 is 1.66. The second-order valence-electron chi connectivity index (χ2n) is 4.89. The van der Waals surface area contributed by atoms with Crippen LogP contribution in [-0.2, 0) is 19.4 Å². The van der Waals surface area contributed by atoms with E-state index in [0.717, 1.165) is 26.1 Å². The molecule has 0 amide bonds. The van der Waals surface area contributed by atoms with E-state index in [0.29, 0.717) is 0 Å². The molecule has 3 nitrogen and oxygen atoms in total. The van der Waals surface area contributed by atoms with Gasteiger partial charge in [0.25, 0.3) is 0 Å². The van der Waals surface area contributed by atoms with Crippen LogP contribution in [0.2, 0.25) is 0 Å². The van der Waals surface area contributed by atoms with Gasteiger partial charge in [0, 0.05) is 37.1 Å².